The minimum atomic E-state index is -1.10. The second kappa shape index (κ2) is 6.41. The summed E-state index contributed by atoms with van der Waals surface area (Å²) in [4.78, 5) is 27.3. The van der Waals surface area contributed by atoms with Gasteiger partial charge in [0.1, 0.15) is 0 Å². The molecule has 0 atom stereocenters. The SMILES string of the molecule is NC(=O)C(N)=O.O=CO. The average Bonchev–Trinajstić information content (AvgIpc) is 1.68. The van der Waals surface area contributed by atoms with Gasteiger partial charge in [0.05, 0.1) is 0 Å². The Morgan fingerprint density at radius 2 is 1.33 bits per heavy atom. The first-order valence-corrected chi connectivity index (χ1v) is 1.73. The minimum absolute atomic E-state index is 0.250. The van der Waals surface area contributed by atoms with E-state index in [1.165, 1.54) is 0 Å². The van der Waals surface area contributed by atoms with Gasteiger partial charge in [-0.25, -0.2) is 0 Å². The molecule has 0 aliphatic heterocycles. The van der Waals surface area contributed by atoms with Gasteiger partial charge < -0.3 is 16.6 Å². The second-order valence-corrected chi connectivity index (χ2v) is 0.834. The van der Waals surface area contributed by atoms with Crippen molar-refractivity contribution in [3.63, 3.8) is 0 Å². The third-order valence-electron chi connectivity index (χ3n) is 0.243. The van der Waals surface area contributed by atoms with E-state index in [0.717, 1.165) is 0 Å². The van der Waals surface area contributed by atoms with Crippen LogP contribution in [0.1, 0.15) is 0 Å². The molecular weight excluding hydrogens is 128 g/mol. The number of primary amides is 2. The zero-order valence-corrected chi connectivity index (χ0v) is 4.40. The Morgan fingerprint density at radius 1 is 1.22 bits per heavy atom. The Kier molecular flexibility index (Phi) is 7.41. The van der Waals surface area contributed by atoms with E-state index >= 15 is 0 Å². The second-order valence-electron chi connectivity index (χ2n) is 0.834. The van der Waals surface area contributed by atoms with Crippen molar-refractivity contribution in [2.75, 3.05) is 0 Å². The summed E-state index contributed by atoms with van der Waals surface area (Å²) < 4.78 is 0. The molecule has 0 saturated carbocycles. The molecule has 0 aromatic carbocycles. The van der Waals surface area contributed by atoms with E-state index in [4.69, 9.17) is 9.90 Å². The Hall–Kier alpha value is -1.59. The molecule has 0 spiro atoms. The molecule has 0 heterocycles. The molecule has 0 bridgehead atoms. The number of hydrogen-bond acceptors (Lipinski definition) is 3. The van der Waals surface area contributed by atoms with E-state index in [1.54, 1.807) is 0 Å². The van der Waals surface area contributed by atoms with Crippen molar-refractivity contribution < 1.29 is 19.5 Å². The van der Waals surface area contributed by atoms with Crippen LogP contribution in [0.3, 0.4) is 0 Å². The number of hydrogen-bond donors (Lipinski definition) is 3. The monoisotopic (exact) mass is 134 g/mol. The summed E-state index contributed by atoms with van der Waals surface area (Å²) in [6.45, 7) is -0.250. The summed E-state index contributed by atoms with van der Waals surface area (Å²) in [5.41, 5.74) is 8.64. The number of carboxylic acid groups (broad SMARTS) is 1. The fourth-order valence-corrected chi connectivity index (χ4v) is 0. The Bertz CT molecular complexity index is 109. The lowest BCUT2D eigenvalue weighted by Gasteiger charge is -1.75. The lowest BCUT2D eigenvalue weighted by Crippen LogP contribution is -2.29. The van der Waals surface area contributed by atoms with Gasteiger partial charge in [-0.3, -0.25) is 14.4 Å². The van der Waals surface area contributed by atoms with E-state index in [9.17, 15) is 9.59 Å². The zero-order valence-electron chi connectivity index (χ0n) is 4.40. The van der Waals surface area contributed by atoms with Crippen molar-refractivity contribution in [3.05, 3.63) is 0 Å². The maximum Gasteiger partial charge on any atom is 0.306 e. The first-order chi connectivity index (χ1) is 4.06. The van der Waals surface area contributed by atoms with E-state index in [1.807, 2.05) is 0 Å². The number of carbonyl (C=O) groups is 3. The van der Waals surface area contributed by atoms with Crippen LogP contribution in [0.25, 0.3) is 0 Å². The first-order valence-electron chi connectivity index (χ1n) is 1.73. The van der Waals surface area contributed by atoms with Crippen molar-refractivity contribution in [3.8, 4) is 0 Å². The van der Waals surface area contributed by atoms with Crippen LogP contribution in [0.2, 0.25) is 0 Å². The molecule has 0 unspecified atom stereocenters. The maximum atomic E-state index is 9.45. The number of carbonyl (C=O) groups excluding carboxylic acids is 2. The topological polar surface area (TPSA) is 123 Å². The van der Waals surface area contributed by atoms with Gasteiger partial charge >= 0.3 is 11.8 Å². The largest absolute Gasteiger partial charge is 0.483 e. The summed E-state index contributed by atoms with van der Waals surface area (Å²) >= 11 is 0. The lowest BCUT2D eigenvalue weighted by atomic mass is 10.6. The van der Waals surface area contributed by atoms with Crippen LogP contribution in [0.4, 0.5) is 0 Å². The quantitative estimate of drug-likeness (QED) is 0.253. The molecule has 52 valence electrons. The van der Waals surface area contributed by atoms with Crippen LogP contribution in [-0.2, 0) is 14.4 Å². The van der Waals surface area contributed by atoms with Crippen LogP contribution >= 0.6 is 0 Å². The third kappa shape index (κ3) is 21.5. The molecule has 0 rings (SSSR count). The fraction of sp³-hybridized carbons (Fsp3) is 0. The molecule has 6 nitrogen and oxygen atoms in total. The normalized spacial score (nSPS) is 6.22. The van der Waals surface area contributed by atoms with Crippen molar-refractivity contribution in [1.82, 2.24) is 0 Å². The minimum Gasteiger partial charge on any atom is -0.483 e. The van der Waals surface area contributed by atoms with Gasteiger partial charge in [-0.1, -0.05) is 0 Å². The average molecular weight is 134 g/mol. The highest BCUT2D eigenvalue weighted by atomic mass is 16.3. The molecule has 2 amide bonds. The summed E-state index contributed by atoms with van der Waals surface area (Å²) in [6, 6.07) is 0. The first kappa shape index (κ1) is 10.4. The molecule has 0 radical (unpaired) electrons. The van der Waals surface area contributed by atoms with Gasteiger partial charge in [0.15, 0.2) is 0 Å². The Labute approximate surface area is 50.4 Å². The number of rotatable bonds is 0. The zero-order chi connectivity index (χ0) is 7.86. The Morgan fingerprint density at radius 3 is 1.33 bits per heavy atom. The summed E-state index contributed by atoms with van der Waals surface area (Å²) in [6.07, 6.45) is 0. The van der Waals surface area contributed by atoms with Crippen LogP contribution in [0.15, 0.2) is 0 Å². The standard InChI is InChI=1S/C2H4N2O2.CH2O2/c3-1(5)2(4)6;2-1-3/h(H2,3,5)(H2,4,6);1H,(H,2,3). The van der Waals surface area contributed by atoms with E-state index < -0.39 is 11.8 Å². The molecule has 0 saturated heterocycles. The lowest BCUT2D eigenvalue weighted by molar-refractivity contribution is -0.135. The molecule has 0 fully saturated rings. The van der Waals surface area contributed by atoms with E-state index in [-0.39, 0.29) is 6.47 Å². The molecule has 0 aliphatic carbocycles. The highest BCUT2D eigenvalue weighted by Crippen LogP contribution is 1.44. The number of amides is 2. The van der Waals surface area contributed by atoms with Crippen LogP contribution in [0, 0.1) is 0 Å². The predicted molar refractivity (Wildman–Crippen MR) is 27.1 cm³/mol. The van der Waals surface area contributed by atoms with Crippen LogP contribution in [0.5, 0.6) is 0 Å². The van der Waals surface area contributed by atoms with Crippen LogP contribution in [-0.4, -0.2) is 23.4 Å². The summed E-state index contributed by atoms with van der Waals surface area (Å²) in [7, 11) is 0. The highest BCUT2D eigenvalue weighted by Gasteiger charge is 1.96. The van der Waals surface area contributed by atoms with Gasteiger partial charge in [0.25, 0.3) is 6.47 Å². The fourth-order valence-electron chi connectivity index (χ4n) is 0. The molecule has 6 heteroatoms. The van der Waals surface area contributed by atoms with Crippen LogP contribution < -0.4 is 11.5 Å². The van der Waals surface area contributed by atoms with Gasteiger partial charge in [-0.05, 0) is 0 Å². The summed E-state index contributed by atoms with van der Waals surface area (Å²) in [5.74, 6) is -2.20. The van der Waals surface area contributed by atoms with Gasteiger partial charge in [0.2, 0.25) is 0 Å². The maximum absolute atomic E-state index is 9.45. The molecule has 0 aromatic heterocycles. The molecular formula is C3H6N2O4. The smallest absolute Gasteiger partial charge is 0.306 e. The molecule has 0 aliphatic rings. The van der Waals surface area contributed by atoms with E-state index in [2.05, 4.69) is 11.5 Å². The molecule has 0 aromatic rings. The highest BCUT2D eigenvalue weighted by molar-refractivity contribution is 6.33. The van der Waals surface area contributed by atoms with Crippen molar-refractivity contribution in [2.24, 2.45) is 11.5 Å². The van der Waals surface area contributed by atoms with Gasteiger partial charge in [0, 0.05) is 0 Å². The predicted octanol–water partition coefficient (Wildman–Crippen LogP) is -2.34. The Balaban J connectivity index is 0. The van der Waals surface area contributed by atoms with Crippen molar-refractivity contribution >= 4 is 18.3 Å². The van der Waals surface area contributed by atoms with Gasteiger partial charge in [-0.15, -0.1) is 0 Å². The third-order valence-corrected chi connectivity index (χ3v) is 0.243. The number of nitrogens with two attached hydrogens (primary N) is 2. The van der Waals surface area contributed by atoms with Crippen molar-refractivity contribution in [2.45, 2.75) is 0 Å². The molecule has 5 N–H and O–H groups in total. The van der Waals surface area contributed by atoms with Gasteiger partial charge in [-0.2, -0.15) is 0 Å². The van der Waals surface area contributed by atoms with Crippen molar-refractivity contribution in [1.29, 1.82) is 0 Å². The summed E-state index contributed by atoms with van der Waals surface area (Å²) in [5, 5.41) is 6.89. The molecule has 9 heavy (non-hydrogen) atoms. The van der Waals surface area contributed by atoms with E-state index in [0.29, 0.717) is 0 Å².